The number of carbonyl (C=O) groups excluding carboxylic acids is 1. The highest BCUT2D eigenvalue weighted by Gasteiger charge is 2.31. The normalized spacial score (nSPS) is 11.5. The minimum Gasteiger partial charge on any atom is -0.481 e. The van der Waals surface area contributed by atoms with E-state index in [0.717, 1.165) is 0 Å². The molecule has 7 nitrogen and oxygen atoms in total. The monoisotopic (exact) mass is 345 g/mol. The lowest BCUT2D eigenvalue weighted by atomic mass is 9.88. The summed E-state index contributed by atoms with van der Waals surface area (Å²) in [7, 11) is 1.54. The smallest absolute Gasteiger partial charge is 0.305 e. The van der Waals surface area contributed by atoms with Crippen LogP contribution in [0.5, 0.6) is 0 Å². The number of rotatable bonds is 7. The summed E-state index contributed by atoms with van der Waals surface area (Å²) in [5.41, 5.74) is -0.506. The Morgan fingerprint density at radius 2 is 1.80 bits per heavy atom. The van der Waals surface area contributed by atoms with Crippen LogP contribution in [0, 0.1) is 0 Å². The molecule has 0 aliphatic carbocycles. The van der Waals surface area contributed by atoms with Crippen molar-refractivity contribution in [2.24, 2.45) is 7.05 Å². The van der Waals surface area contributed by atoms with E-state index in [1.807, 2.05) is 13.8 Å². The van der Waals surface area contributed by atoms with E-state index < -0.39 is 11.5 Å². The molecule has 1 aromatic heterocycles. The molecule has 1 heterocycles. The maximum Gasteiger partial charge on any atom is 0.305 e. The molecule has 134 valence electrons. The highest BCUT2D eigenvalue weighted by atomic mass is 16.4. The summed E-state index contributed by atoms with van der Waals surface area (Å²) in [5.74, 6) is -1.25. The number of amides is 1. The molecule has 0 spiro atoms. The predicted molar refractivity (Wildman–Crippen MR) is 94.4 cm³/mol. The second-order valence-corrected chi connectivity index (χ2v) is 6.20. The molecule has 0 unspecified atom stereocenters. The number of benzene rings is 1. The lowest BCUT2D eigenvalue weighted by Crippen LogP contribution is -2.49. The highest BCUT2D eigenvalue weighted by Crippen LogP contribution is 2.21. The van der Waals surface area contributed by atoms with Gasteiger partial charge in [0.15, 0.2) is 0 Å². The minimum atomic E-state index is -0.949. The largest absolute Gasteiger partial charge is 0.481 e. The molecule has 0 saturated heterocycles. The Kier molecular flexibility index (Phi) is 5.56. The van der Waals surface area contributed by atoms with Gasteiger partial charge >= 0.3 is 5.97 Å². The molecule has 0 saturated carbocycles. The third-order valence-electron chi connectivity index (χ3n) is 4.61. The molecule has 2 N–H and O–H groups in total. The van der Waals surface area contributed by atoms with Crippen molar-refractivity contribution in [2.75, 3.05) is 0 Å². The zero-order chi connectivity index (χ0) is 18.6. The van der Waals surface area contributed by atoms with Crippen molar-refractivity contribution >= 4 is 22.6 Å². The van der Waals surface area contributed by atoms with Crippen LogP contribution in [-0.4, -0.2) is 32.3 Å². The molecule has 0 fully saturated rings. The molecule has 2 aromatic rings. The quantitative estimate of drug-likeness (QED) is 0.794. The first-order valence-electron chi connectivity index (χ1n) is 8.29. The van der Waals surface area contributed by atoms with Crippen molar-refractivity contribution in [3.8, 4) is 0 Å². The Bertz CT molecular complexity index is 853. The lowest BCUT2D eigenvalue weighted by Gasteiger charge is -2.31. The average molecular weight is 345 g/mol. The molecule has 1 amide bonds. The summed E-state index contributed by atoms with van der Waals surface area (Å²) in [4.78, 5) is 35.8. The number of carboxylic acids is 1. The second-order valence-electron chi connectivity index (χ2n) is 6.20. The molecule has 7 heteroatoms. The molecule has 0 aliphatic heterocycles. The summed E-state index contributed by atoms with van der Waals surface area (Å²) < 4.78 is 1.22. The number of nitrogens with one attached hydrogen (secondary N) is 1. The molecular weight excluding hydrogens is 322 g/mol. The molecule has 0 radical (unpaired) electrons. The van der Waals surface area contributed by atoms with Gasteiger partial charge in [0, 0.05) is 18.0 Å². The van der Waals surface area contributed by atoms with Gasteiger partial charge < -0.3 is 10.4 Å². The number of hydrogen-bond acceptors (Lipinski definition) is 4. The average Bonchev–Trinajstić information content (AvgIpc) is 2.58. The van der Waals surface area contributed by atoms with Gasteiger partial charge in [0.1, 0.15) is 0 Å². The first kappa shape index (κ1) is 18.6. The van der Waals surface area contributed by atoms with E-state index in [4.69, 9.17) is 5.11 Å². The van der Waals surface area contributed by atoms with Gasteiger partial charge in [-0.25, -0.2) is 4.68 Å². The number of aliphatic carboxylic acids is 1. The molecule has 25 heavy (non-hydrogen) atoms. The Morgan fingerprint density at radius 1 is 1.20 bits per heavy atom. The van der Waals surface area contributed by atoms with Gasteiger partial charge in [-0.1, -0.05) is 32.0 Å². The Labute approximate surface area is 145 Å². The van der Waals surface area contributed by atoms with Gasteiger partial charge in [-0.2, -0.15) is 5.10 Å². The van der Waals surface area contributed by atoms with Crippen LogP contribution in [0.2, 0.25) is 0 Å². The van der Waals surface area contributed by atoms with Crippen LogP contribution >= 0.6 is 0 Å². The van der Waals surface area contributed by atoms with Crippen LogP contribution in [0.25, 0.3) is 10.8 Å². The summed E-state index contributed by atoms with van der Waals surface area (Å²) in [5, 5.41) is 17.3. The fourth-order valence-corrected chi connectivity index (χ4v) is 3.01. The van der Waals surface area contributed by atoms with E-state index in [1.165, 1.54) is 4.68 Å². The van der Waals surface area contributed by atoms with Gasteiger partial charge in [0.25, 0.3) is 5.56 Å². The number of carbonyl (C=O) groups is 2. The molecule has 0 aliphatic rings. The number of carboxylic acid groups (broad SMARTS) is 1. The fraction of sp³-hybridized carbons (Fsp3) is 0.444. The number of aromatic nitrogens is 2. The van der Waals surface area contributed by atoms with E-state index >= 15 is 0 Å². The van der Waals surface area contributed by atoms with E-state index in [1.54, 1.807) is 31.3 Å². The fourth-order valence-electron chi connectivity index (χ4n) is 3.01. The maximum absolute atomic E-state index is 12.5. The highest BCUT2D eigenvalue weighted by molar-refractivity contribution is 5.88. The van der Waals surface area contributed by atoms with Crippen LogP contribution in [0.15, 0.2) is 29.1 Å². The number of aryl methyl sites for hydroxylation is 1. The second kappa shape index (κ2) is 7.46. The zero-order valence-electron chi connectivity index (χ0n) is 14.7. The minimum absolute atomic E-state index is 0.0179. The number of nitrogens with zero attached hydrogens (tertiary/aromatic N) is 2. The summed E-state index contributed by atoms with van der Waals surface area (Å²) in [6.45, 7) is 3.71. The van der Waals surface area contributed by atoms with Crippen molar-refractivity contribution in [3.63, 3.8) is 0 Å². The summed E-state index contributed by atoms with van der Waals surface area (Å²) >= 11 is 0. The van der Waals surface area contributed by atoms with Gasteiger partial charge in [-0.15, -0.1) is 0 Å². The molecule has 0 bridgehead atoms. The first-order chi connectivity index (χ1) is 11.8. The van der Waals surface area contributed by atoms with Gasteiger partial charge in [0.05, 0.1) is 23.9 Å². The first-order valence-corrected chi connectivity index (χ1v) is 8.29. The summed E-state index contributed by atoms with van der Waals surface area (Å²) in [6, 6.07) is 7.02. The third-order valence-corrected chi connectivity index (χ3v) is 4.61. The maximum atomic E-state index is 12.5. The lowest BCUT2D eigenvalue weighted by molar-refractivity contribution is -0.139. The summed E-state index contributed by atoms with van der Waals surface area (Å²) in [6.07, 6.45) is 0.884. The Balaban J connectivity index is 2.32. The van der Waals surface area contributed by atoms with Crippen molar-refractivity contribution in [1.82, 2.24) is 15.1 Å². The third kappa shape index (κ3) is 4.04. The van der Waals surface area contributed by atoms with Crippen LogP contribution in [0.3, 0.4) is 0 Å². The van der Waals surface area contributed by atoms with Gasteiger partial charge in [-0.3, -0.25) is 14.4 Å². The van der Waals surface area contributed by atoms with Crippen molar-refractivity contribution < 1.29 is 14.7 Å². The standard InChI is InChI=1S/C18H23N3O4/c1-4-18(5-2,11-16(23)24)19-15(22)10-14-12-8-6-7-9-13(12)17(25)21(3)20-14/h6-9H,4-5,10-11H2,1-3H3,(H,19,22)(H,23,24). The predicted octanol–water partition coefficient (Wildman–Crippen LogP) is 1.63. The van der Waals surface area contributed by atoms with Crippen molar-refractivity contribution in [1.29, 1.82) is 0 Å². The van der Waals surface area contributed by atoms with Crippen LogP contribution < -0.4 is 10.9 Å². The molecule has 1 aromatic carbocycles. The van der Waals surface area contributed by atoms with E-state index in [2.05, 4.69) is 10.4 Å². The van der Waals surface area contributed by atoms with Crippen LogP contribution in [0.1, 0.15) is 38.8 Å². The molecule has 2 rings (SSSR count). The van der Waals surface area contributed by atoms with Gasteiger partial charge in [-0.05, 0) is 18.9 Å². The SMILES string of the molecule is CCC(CC)(CC(=O)O)NC(=O)Cc1nn(C)c(=O)c2ccccc12. The van der Waals surface area contributed by atoms with Crippen LogP contribution in [-0.2, 0) is 23.1 Å². The number of hydrogen-bond donors (Lipinski definition) is 2. The molecular formula is C18H23N3O4. The zero-order valence-corrected chi connectivity index (χ0v) is 14.7. The number of fused-ring (bicyclic) bond motifs is 1. The molecule has 0 atom stereocenters. The van der Waals surface area contributed by atoms with E-state index in [0.29, 0.717) is 29.3 Å². The Morgan fingerprint density at radius 3 is 2.36 bits per heavy atom. The topological polar surface area (TPSA) is 101 Å². The van der Waals surface area contributed by atoms with Crippen LogP contribution in [0.4, 0.5) is 0 Å². The van der Waals surface area contributed by atoms with Crippen molar-refractivity contribution in [3.05, 3.63) is 40.3 Å². The van der Waals surface area contributed by atoms with Gasteiger partial charge in [0.2, 0.25) is 5.91 Å². The van der Waals surface area contributed by atoms with Crippen molar-refractivity contribution in [2.45, 2.75) is 45.1 Å². The Hall–Kier alpha value is -2.70. The van der Waals surface area contributed by atoms with E-state index in [-0.39, 0.29) is 24.3 Å². The van der Waals surface area contributed by atoms with E-state index in [9.17, 15) is 14.4 Å².